The number of rotatable bonds is 2. The van der Waals surface area contributed by atoms with Crippen LogP contribution in [-0.4, -0.2) is 5.11 Å². The monoisotopic (exact) mass is 176 g/mol. The summed E-state index contributed by atoms with van der Waals surface area (Å²) >= 11 is 0. The molecule has 0 unspecified atom stereocenters. The van der Waals surface area contributed by atoms with Gasteiger partial charge in [-0.25, -0.2) is 0 Å². The molecule has 0 saturated heterocycles. The summed E-state index contributed by atoms with van der Waals surface area (Å²) in [6.07, 6.45) is 2.93. The molecule has 0 heterocycles. The van der Waals surface area contributed by atoms with Crippen molar-refractivity contribution in [3.8, 4) is 5.75 Å². The Hall–Kier alpha value is -1.24. The third-order valence-electron chi connectivity index (χ3n) is 1.95. The highest BCUT2D eigenvalue weighted by atomic mass is 16.3. The molecule has 0 aliphatic rings. The normalized spacial score (nSPS) is 9.77. The van der Waals surface area contributed by atoms with E-state index in [1.54, 1.807) is 0 Å². The van der Waals surface area contributed by atoms with E-state index in [1.165, 1.54) is 5.57 Å². The van der Waals surface area contributed by atoms with Gasteiger partial charge in [0.15, 0.2) is 0 Å². The van der Waals surface area contributed by atoms with E-state index in [9.17, 15) is 5.11 Å². The van der Waals surface area contributed by atoms with Crippen molar-refractivity contribution in [1.29, 1.82) is 0 Å². The number of aryl methyl sites for hydroxylation is 1. The van der Waals surface area contributed by atoms with E-state index in [4.69, 9.17) is 0 Å². The van der Waals surface area contributed by atoms with Crippen molar-refractivity contribution in [3.63, 3.8) is 0 Å². The number of hydrogen-bond donors (Lipinski definition) is 1. The minimum Gasteiger partial charge on any atom is -0.508 e. The van der Waals surface area contributed by atoms with Gasteiger partial charge in [-0.2, -0.15) is 0 Å². The predicted molar refractivity (Wildman–Crippen MR) is 56.8 cm³/mol. The maximum absolute atomic E-state index is 9.57. The number of aromatic hydroxyl groups is 1. The quantitative estimate of drug-likeness (QED) is 0.732. The Morgan fingerprint density at radius 3 is 2.54 bits per heavy atom. The lowest BCUT2D eigenvalue weighted by Crippen LogP contribution is -1.82. The molecule has 0 aliphatic heterocycles. The molecule has 0 amide bonds. The molecule has 0 spiro atoms. The van der Waals surface area contributed by atoms with E-state index in [2.05, 4.69) is 6.08 Å². The van der Waals surface area contributed by atoms with Gasteiger partial charge in [0.2, 0.25) is 0 Å². The molecule has 0 aliphatic carbocycles. The first-order chi connectivity index (χ1) is 6.13. The second-order valence-corrected chi connectivity index (χ2v) is 3.46. The van der Waals surface area contributed by atoms with E-state index in [-0.39, 0.29) is 0 Å². The van der Waals surface area contributed by atoms with Crippen LogP contribution in [0.4, 0.5) is 0 Å². The molecule has 13 heavy (non-hydrogen) atoms. The lowest BCUT2D eigenvalue weighted by Gasteiger charge is -2.02. The number of hydrogen-bond acceptors (Lipinski definition) is 1. The summed E-state index contributed by atoms with van der Waals surface area (Å²) in [7, 11) is 0. The lowest BCUT2D eigenvalue weighted by molar-refractivity contribution is 0.469. The Balaban J connectivity index is 3.03. The van der Waals surface area contributed by atoms with Gasteiger partial charge in [0, 0.05) is 0 Å². The average molecular weight is 176 g/mol. The highest BCUT2D eigenvalue weighted by molar-refractivity contribution is 5.55. The third kappa shape index (κ3) is 2.62. The number of benzene rings is 1. The summed E-state index contributed by atoms with van der Waals surface area (Å²) in [5.74, 6) is 0.400. The maximum atomic E-state index is 9.57. The summed E-state index contributed by atoms with van der Waals surface area (Å²) in [6.45, 7) is 6.13. The SMILES string of the molecule is CCc1ccc(C=C(C)C)cc1O. The van der Waals surface area contributed by atoms with E-state index in [0.29, 0.717) is 5.75 Å². The number of phenols is 1. The second-order valence-electron chi connectivity index (χ2n) is 3.46. The molecule has 70 valence electrons. The van der Waals surface area contributed by atoms with Crippen LogP contribution in [0.15, 0.2) is 23.8 Å². The van der Waals surface area contributed by atoms with Crippen molar-refractivity contribution >= 4 is 6.08 Å². The van der Waals surface area contributed by atoms with E-state index >= 15 is 0 Å². The van der Waals surface area contributed by atoms with Gasteiger partial charge in [-0.3, -0.25) is 0 Å². The summed E-state index contributed by atoms with van der Waals surface area (Å²) in [6, 6.07) is 5.82. The first-order valence-electron chi connectivity index (χ1n) is 4.60. The molecular weight excluding hydrogens is 160 g/mol. The Morgan fingerprint density at radius 1 is 1.38 bits per heavy atom. The molecule has 0 radical (unpaired) electrons. The molecule has 0 fully saturated rings. The molecule has 1 aromatic rings. The summed E-state index contributed by atoms with van der Waals surface area (Å²) < 4.78 is 0. The van der Waals surface area contributed by atoms with Crippen LogP contribution in [0, 0.1) is 0 Å². The first kappa shape index (κ1) is 9.85. The summed E-state index contributed by atoms with van der Waals surface area (Å²) in [5.41, 5.74) is 3.31. The smallest absolute Gasteiger partial charge is 0.119 e. The molecule has 1 N–H and O–H groups in total. The standard InChI is InChI=1S/C12H16O/c1-4-11-6-5-10(7-9(2)3)8-12(11)13/h5-8,13H,4H2,1-3H3. The minimum absolute atomic E-state index is 0.400. The van der Waals surface area contributed by atoms with Crippen molar-refractivity contribution in [3.05, 3.63) is 34.9 Å². The van der Waals surface area contributed by atoms with Gasteiger partial charge < -0.3 is 5.11 Å². The van der Waals surface area contributed by atoms with Crippen LogP contribution in [0.3, 0.4) is 0 Å². The topological polar surface area (TPSA) is 20.2 Å². The Kier molecular flexibility index (Phi) is 3.13. The van der Waals surface area contributed by atoms with Crippen molar-refractivity contribution in [2.75, 3.05) is 0 Å². The molecule has 0 aromatic heterocycles. The summed E-state index contributed by atoms with van der Waals surface area (Å²) in [4.78, 5) is 0. The predicted octanol–water partition coefficient (Wildman–Crippen LogP) is 3.38. The Morgan fingerprint density at radius 2 is 2.08 bits per heavy atom. The minimum atomic E-state index is 0.400. The third-order valence-corrected chi connectivity index (χ3v) is 1.95. The van der Waals surface area contributed by atoms with Gasteiger partial charge in [-0.15, -0.1) is 0 Å². The second kappa shape index (κ2) is 4.13. The lowest BCUT2D eigenvalue weighted by atomic mass is 10.1. The van der Waals surface area contributed by atoms with Gasteiger partial charge in [-0.05, 0) is 37.5 Å². The Bertz CT molecular complexity index is 320. The molecule has 1 nitrogen and oxygen atoms in total. The van der Waals surface area contributed by atoms with Crippen molar-refractivity contribution in [1.82, 2.24) is 0 Å². The number of phenolic OH excluding ortho intramolecular Hbond substituents is 1. The van der Waals surface area contributed by atoms with Crippen LogP contribution in [0.25, 0.3) is 6.08 Å². The number of allylic oxidation sites excluding steroid dienone is 1. The van der Waals surface area contributed by atoms with Gasteiger partial charge >= 0.3 is 0 Å². The van der Waals surface area contributed by atoms with Crippen LogP contribution in [-0.2, 0) is 6.42 Å². The van der Waals surface area contributed by atoms with Crippen LogP contribution in [0.2, 0.25) is 0 Å². The zero-order valence-corrected chi connectivity index (χ0v) is 8.46. The fourth-order valence-corrected chi connectivity index (χ4v) is 1.30. The van der Waals surface area contributed by atoms with Gasteiger partial charge in [-0.1, -0.05) is 30.7 Å². The van der Waals surface area contributed by atoms with Crippen LogP contribution in [0.5, 0.6) is 5.75 Å². The summed E-state index contributed by atoms with van der Waals surface area (Å²) in [5, 5.41) is 9.57. The molecule has 0 atom stereocenters. The van der Waals surface area contributed by atoms with E-state index in [1.807, 2.05) is 39.0 Å². The fraction of sp³-hybridized carbons (Fsp3) is 0.333. The van der Waals surface area contributed by atoms with E-state index in [0.717, 1.165) is 17.5 Å². The average Bonchev–Trinajstić information content (AvgIpc) is 2.03. The molecule has 0 saturated carbocycles. The zero-order chi connectivity index (χ0) is 9.84. The molecule has 1 heteroatoms. The highest BCUT2D eigenvalue weighted by Crippen LogP contribution is 2.20. The largest absolute Gasteiger partial charge is 0.508 e. The molecule has 1 aromatic carbocycles. The first-order valence-corrected chi connectivity index (χ1v) is 4.60. The van der Waals surface area contributed by atoms with Gasteiger partial charge in [0.25, 0.3) is 0 Å². The molecule has 0 bridgehead atoms. The van der Waals surface area contributed by atoms with Crippen LogP contribution in [0.1, 0.15) is 31.9 Å². The van der Waals surface area contributed by atoms with Crippen molar-refractivity contribution in [2.45, 2.75) is 27.2 Å². The molecule has 1 rings (SSSR count). The van der Waals surface area contributed by atoms with E-state index < -0.39 is 0 Å². The van der Waals surface area contributed by atoms with Crippen LogP contribution < -0.4 is 0 Å². The fourth-order valence-electron chi connectivity index (χ4n) is 1.30. The van der Waals surface area contributed by atoms with Gasteiger partial charge in [0.1, 0.15) is 5.75 Å². The van der Waals surface area contributed by atoms with Crippen LogP contribution >= 0.6 is 0 Å². The maximum Gasteiger partial charge on any atom is 0.119 e. The van der Waals surface area contributed by atoms with Crippen molar-refractivity contribution < 1.29 is 5.11 Å². The Labute approximate surface area is 79.7 Å². The zero-order valence-electron chi connectivity index (χ0n) is 8.46. The molecular formula is C12H16O. The highest BCUT2D eigenvalue weighted by Gasteiger charge is 1.98. The van der Waals surface area contributed by atoms with Gasteiger partial charge in [0.05, 0.1) is 0 Å². The van der Waals surface area contributed by atoms with Crippen molar-refractivity contribution in [2.24, 2.45) is 0 Å².